The molecule has 0 nitrogen and oxygen atoms in total. The molecule has 0 saturated heterocycles. The average Bonchev–Trinajstić information content (AvgIpc) is 1.91. The van der Waals surface area contributed by atoms with Crippen LogP contribution in [0, 0.1) is 11.7 Å². The summed E-state index contributed by atoms with van der Waals surface area (Å²) in [6.07, 6.45) is 0. The van der Waals surface area contributed by atoms with Crippen LogP contribution in [0.5, 0.6) is 0 Å². The highest BCUT2D eigenvalue weighted by Gasteiger charge is 1.77. The Morgan fingerprint density at radius 3 is 2.33 bits per heavy atom. The minimum absolute atomic E-state index is 1.08. The predicted molar refractivity (Wildman–Crippen MR) is 41.9 cm³/mol. The molecule has 42 valence electrons. The lowest BCUT2D eigenvalue weighted by molar-refractivity contribution is 1.65. The molecule has 0 fully saturated rings. The van der Waals surface area contributed by atoms with Crippen molar-refractivity contribution in [2.75, 3.05) is 0 Å². The van der Waals surface area contributed by atoms with Gasteiger partial charge in [-0.25, -0.2) is 0 Å². The van der Waals surface area contributed by atoms with Gasteiger partial charge in [-0.1, -0.05) is 24.1 Å². The first-order valence-electron chi connectivity index (χ1n) is 2.91. The fourth-order valence-corrected chi connectivity index (χ4v) is 0.666. The highest BCUT2D eigenvalue weighted by Crippen LogP contribution is 1.93. The summed E-state index contributed by atoms with van der Waals surface area (Å²) in [5.74, 6) is 5.79. The molecule has 9 heavy (non-hydrogen) atoms. The Kier molecular flexibility index (Phi) is 1.98. The van der Waals surface area contributed by atoms with Crippen LogP contribution in [-0.4, -0.2) is 7.85 Å². The van der Waals surface area contributed by atoms with Crippen LogP contribution in [0.4, 0.5) is 0 Å². The molecule has 0 spiro atoms. The van der Waals surface area contributed by atoms with E-state index < -0.39 is 0 Å². The zero-order valence-corrected chi connectivity index (χ0v) is 5.39. The second kappa shape index (κ2) is 2.99. The van der Waals surface area contributed by atoms with E-state index in [1.54, 1.807) is 0 Å². The smallest absolute Gasteiger partial charge is 0.160 e. The van der Waals surface area contributed by atoms with Crippen LogP contribution in [0.25, 0.3) is 0 Å². The Labute approximate surface area is 56.3 Å². The molecular weight excluding hydrogens is 107 g/mol. The van der Waals surface area contributed by atoms with Gasteiger partial charge >= 0.3 is 0 Å². The molecule has 0 atom stereocenters. The Bertz CT molecular complexity index is 228. The van der Waals surface area contributed by atoms with Crippen molar-refractivity contribution in [1.82, 2.24) is 0 Å². The van der Waals surface area contributed by atoms with E-state index >= 15 is 0 Å². The fraction of sp³-hybridized carbons (Fsp3) is 0. The Morgan fingerprint density at radius 2 is 1.78 bits per heavy atom. The molecule has 0 radical (unpaired) electrons. The number of hydrogen-bond donors (Lipinski definition) is 0. The van der Waals surface area contributed by atoms with Gasteiger partial charge in [-0.05, 0) is 12.1 Å². The fourth-order valence-electron chi connectivity index (χ4n) is 0.666. The topological polar surface area (TPSA) is 0 Å². The van der Waals surface area contributed by atoms with E-state index in [9.17, 15) is 0 Å². The highest BCUT2D eigenvalue weighted by atomic mass is 13.8. The van der Waals surface area contributed by atoms with Crippen LogP contribution < -0.4 is 0 Å². The van der Waals surface area contributed by atoms with Crippen molar-refractivity contribution < 1.29 is 0 Å². The maximum atomic E-state index is 2.96. The standard InChI is InChI=1S/C8H7B/c9-7-6-8-4-2-1-3-5-8/h1-5H,9H2. The molecule has 0 aliphatic heterocycles. The molecule has 1 aromatic carbocycles. The third kappa shape index (κ3) is 1.66. The van der Waals surface area contributed by atoms with Crippen LogP contribution >= 0.6 is 0 Å². The van der Waals surface area contributed by atoms with Crippen molar-refractivity contribution in [3.05, 3.63) is 35.9 Å². The SMILES string of the molecule is BC#Cc1ccccc1. The van der Waals surface area contributed by atoms with Crippen LogP contribution in [0.15, 0.2) is 30.3 Å². The van der Waals surface area contributed by atoms with Crippen LogP contribution in [0.2, 0.25) is 0 Å². The zero-order chi connectivity index (χ0) is 6.53. The van der Waals surface area contributed by atoms with Gasteiger partial charge in [0.05, 0.1) is 0 Å². The van der Waals surface area contributed by atoms with Gasteiger partial charge in [-0.15, -0.1) is 0 Å². The van der Waals surface area contributed by atoms with E-state index in [1.165, 1.54) is 0 Å². The molecule has 0 aliphatic rings. The molecule has 0 N–H and O–H groups in total. The van der Waals surface area contributed by atoms with Gasteiger partial charge in [0.2, 0.25) is 0 Å². The lowest BCUT2D eigenvalue weighted by Gasteiger charge is -1.83. The van der Waals surface area contributed by atoms with Crippen molar-refractivity contribution in [3.8, 4) is 11.7 Å². The summed E-state index contributed by atoms with van der Waals surface area (Å²) in [7, 11) is 1.84. The summed E-state index contributed by atoms with van der Waals surface area (Å²) in [6, 6.07) is 9.95. The van der Waals surface area contributed by atoms with E-state index in [-0.39, 0.29) is 0 Å². The van der Waals surface area contributed by atoms with Crippen molar-refractivity contribution in [2.24, 2.45) is 0 Å². The first-order chi connectivity index (χ1) is 4.43. The van der Waals surface area contributed by atoms with E-state index in [1.807, 2.05) is 38.2 Å². The van der Waals surface area contributed by atoms with Crippen LogP contribution in [0.3, 0.4) is 0 Å². The predicted octanol–water partition coefficient (Wildman–Crippen LogP) is 0.629. The van der Waals surface area contributed by atoms with Gasteiger partial charge in [0.15, 0.2) is 7.85 Å². The molecule has 0 amide bonds. The Balaban J connectivity index is 2.94. The lowest BCUT2D eigenvalue weighted by atomic mass is 10.1. The molecule has 0 bridgehead atoms. The molecule has 0 aromatic heterocycles. The number of benzene rings is 1. The summed E-state index contributed by atoms with van der Waals surface area (Å²) in [5.41, 5.74) is 1.08. The van der Waals surface area contributed by atoms with Gasteiger partial charge in [0.25, 0.3) is 0 Å². The van der Waals surface area contributed by atoms with Gasteiger partial charge in [0, 0.05) is 5.56 Å². The normalized spacial score (nSPS) is 7.56. The molecule has 1 heteroatoms. The number of rotatable bonds is 0. The summed E-state index contributed by atoms with van der Waals surface area (Å²) < 4.78 is 0. The first-order valence-corrected chi connectivity index (χ1v) is 2.91. The quantitative estimate of drug-likeness (QED) is 0.342. The molecular formula is C8H7B. The summed E-state index contributed by atoms with van der Waals surface area (Å²) in [5, 5.41) is 0. The van der Waals surface area contributed by atoms with Crippen molar-refractivity contribution in [2.45, 2.75) is 0 Å². The minimum atomic E-state index is 1.08. The van der Waals surface area contributed by atoms with E-state index in [2.05, 4.69) is 11.7 Å². The molecule has 1 aromatic rings. The van der Waals surface area contributed by atoms with E-state index in [0.717, 1.165) is 5.56 Å². The second-order valence-corrected chi connectivity index (χ2v) is 1.74. The molecule has 0 saturated carbocycles. The van der Waals surface area contributed by atoms with Crippen molar-refractivity contribution in [1.29, 1.82) is 0 Å². The summed E-state index contributed by atoms with van der Waals surface area (Å²) in [4.78, 5) is 0. The Hall–Kier alpha value is -1.16. The molecule has 1 rings (SSSR count). The van der Waals surface area contributed by atoms with Gasteiger partial charge in [0.1, 0.15) is 0 Å². The number of hydrogen-bond acceptors (Lipinski definition) is 0. The van der Waals surface area contributed by atoms with Crippen LogP contribution in [0.1, 0.15) is 5.56 Å². The Morgan fingerprint density at radius 1 is 1.11 bits per heavy atom. The average molecular weight is 114 g/mol. The van der Waals surface area contributed by atoms with Crippen LogP contribution in [-0.2, 0) is 0 Å². The molecule has 0 unspecified atom stereocenters. The lowest BCUT2D eigenvalue weighted by Crippen LogP contribution is -1.68. The molecule has 0 aliphatic carbocycles. The third-order valence-corrected chi connectivity index (χ3v) is 1.04. The van der Waals surface area contributed by atoms with E-state index in [4.69, 9.17) is 0 Å². The van der Waals surface area contributed by atoms with Gasteiger partial charge < -0.3 is 0 Å². The second-order valence-electron chi connectivity index (χ2n) is 1.74. The maximum Gasteiger partial charge on any atom is 0.196 e. The highest BCUT2D eigenvalue weighted by molar-refractivity contribution is 6.22. The minimum Gasteiger partial charge on any atom is -0.160 e. The largest absolute Gasteiger partial charge is 0.196 e. The zero-order valence-electron chi connectivity index (χ0n) is 5.39. The van der Waals surface area contributed by atoms with Crippen molar-refractivity contribution in [3.63, 3.8) is 0 Å². The van der Waals surface area contributed by atoms with Gasteiger partial charge in [-0.3, -0.25) is 0 Å². The summed E-state index contributed by atoms with van der Waals surface area (Å²) in [6.45, 7) is 0. The maximum absolute atomic E-state index is 2.96. The van der Waals surface area contributed by atoms with E-state index in [0.29, 0.717) is 0 Å². The first kappa shape index (κ1) is 5.97. The van der Waals surface area contributed by atoms with Crippen molar-refractivity contribution >= 4 is 7.85 Å². The summed E-state index contributed by atoms with van der Waals surface area (Å²) >= 11 is 0. The monoisotopic (exact) mass is 114 g/mol. The third-order valence-electron chi connectivity index (χ3n) is 1.04. The van der Waals surface area contributed by atoms with Gasteiger partial charge in [-0.2, -0.15) is 5.82 Å². The molecule has 0 heterocycles.